The lowest BCUT2D eigenvalue weighted by molar-refractivity contribution is 0.0939. The number of methoxy groups -OCH3 is 2. The Labute approximate surface area is 138 Å². The number of rotatable bonds is 5. The van der Waals surface area contributed by atoms with Crippen molar-refractivity contribution in [3.63, 3.8) is 0 Å². The van der Waals surface area contributed by atoms with Crippen LogP contribution in [-0.2, 0) is 0 Å². The molecule has 2 aromatic rings. The van der Waals surface area contributed by atoms with Gasteiger partial charge in [-0.1, -0.05) is 15.9 Å². The molecule has 0 unspecified atom stereocenters. The van der Waals surface area contributed by atoms with Gasteiger partial charge in [0.05, 0.1) is 20.3 Å². The summed E-state index contributed by atoms with van der Waals surface area (Å²) in [4.78, 5) is 12.3. The van der Waals surface area contributed by atoms with Crippen molar-refractivity contribution >= 4 is 21.8 Å². The lowest BCUT2D eigenvalue weighted by Gasteiger charge is -2.18. The topological polar surface area (TPSA) is 47.6 Å². The van der Waals surface area contributed by atoms with Gasteiger partial charge in [0.15, 0.2) is 0 Å². The van der Waals surface area contributed by atoms with E-state index >= 15 is 0 Å². The van der Waals surface area contributed by atoms with E-state index in [-0.39, 0.29) is 11.9 Å². The molecular formula is C17H18BrNO3. The number of ether oxygens (including phenoxy) is 2. The van der Waals surface area contributed by atoms with Crippen LogP contribution >= 0.6 is 15.9 Å². The van der Waals surface area contributed by atoms with Gasteiger partial charge in [0, 0.05) is 15.6 Å². The van der Waals surface area contributed by atoms with Gasteiger partial charge in [-0.05, 0) is 49.4 Å². The van der Waals surface area contributed by atoms with Crippen LogP contribution in [0.5, 0.6) is 11.5 Å². The van der Waals surface area contributed by atoms with E-state index in [0.717, 1.165) is 15.8 Å². The summed E-state index contributed by atoms with van der Waals surface area (Å²) in [6, 6.07) is 12.5. The van der Waals surface area contributed by atoms with E-state index in [4.69, 9.17) is 9.47 Å². The summed E-state index contributed by atoms with van der Waals surface area (Å²) >= 11 is 3.35. The van der Waals surface area contributed by atoms with Crippen LogP contribution in [0.4, 0.5) is 0 Å². The minimum Gasteiger partial charge on any atom is -0.497 e. The van der Waals surface area contributed by atoms with Gasteiger partial charge in [0.1, 0.15) is 11.5 Å². The third-order valence-electron chi connectivity index (χ3n) is 3.36. The Morgan fingerprint density at radius 3 is 2.36 bits per heavy atom. The van der Waals surface area contributed by atoms with Crippen molar-refractivity contribution in [3.05, 3.63) is 58.1 Å². The minimum atomic E-state index is -0.207. The maximum atomic E-state index is 12.3. The van der Waals surface area contributed by atoms with Crippen molar-refractivity contribution in [2.24, 2.45) is 0 Å². The Bertz CT molecular complexity index is 655. The van der Waals surface area contributed by atoms with E-state index in [9.17, 15) is 4.79 Å². The van der Waals surface area contributed by atoms with Gasteiger partial charge in [-0.25, -0.2) is 0 Å². The van der Waals surface area contributed by atoms with Gasteiger partial charge in [-0.2, -0.15) is 0 Å². The number of carbonyl (C=O) groups is 1. The molecule has 2 rings (SSSR count). The van der Waals surface area contributed by atoms with Crippen LogP contribution in [0.2, 0.25) is 0 Å². The SMILES string of the molecule is COc1ccc(OC)c([C@H](C)NC(=O)c2ccc(Br)cc2)c1. The maximum absolute atomic E-state index is 12.3. The van der Waals surface area contributed by atoms with Crippen LogP contribution < -0.4 is 14.8 Å². The molecule has 0 spiro atoms. The predicted molar refractivity (Wildman–Crippen MR) is 89.6 cm³/mol. The number of amides is 1. The number of hydrogen-bond donors (Lipinski definition) is 1. The lowest BCUT2D eigenvalue weighted by atomic mass is 10.1. The van der Waals surface area contributed by atoms with Crippen molar-refractivity contribution in [1.82, 2.24) is 5.32 Å². The zero-order valence-corrected chi connectivity index (χ0v) is 14.3. The number of nitrogens with one attached hydrogen (secondary N) is 1. The third kappa shape index (κ3) is 3.80. The Morgan fingerprint density at radius 2 is 1.77 bits per heavy atom. The standard InChI is InChI=1S/C17H18BrNO3/c1-11(15-10-14(21-2)8-9-16(15)22-3)19-17(20)12-4-6-13(18)7-5-12/h4-11H,1-3H3,(H,19,20)/t11-/m0/s1. The van der Waals surface area contributed by atoms with E-state index < -0.39 is 0 Å². The van der Waals surface area contributed by atoms with Crippen LogP contribution in [0.1, 0.15) is 28.9 Å². The van der Waals surface area contributed by atoms with Gasteiger partial charge in [0.2, 0.25) is 0 Å². The molecule has 4 nitrogen and oxygen atoms in total. The fourth-order valence-corrected chi connectivity index (χ4v) is 2.40. The third-order valence-corrected chi connectivity index (χ3v) is 3.89. The summed E-state index contributed by atoms with van der Waals surface area (Å²) in [7, 11) is 3.21. The monoisotopic (exact) mass is 363 g/mol. The number of hydrogen-bond acceptors (Lipinski definition) is 3. The Hall–Kier alpha value is -2.01. The molecule has 0 saturated heterocycles. The molecule has 0 fully saturated rings. The molecule has 0 aromatic heterocycles. The Balaban J connectivity index is 2.19. The Kier molecular flexibility index (Phi) is 5.44. The van der Waals surface area contributed by atoms with Crippen LogP contribution in [0, 0.1) is 0 Å². The van der Waals surface area contributed by atoms with E-state index in [2.05, 4.69) is 21.2 Å². The first-order chi connectivity index (χ1) is 10.5. The first-order valence-electron chi connectivity index (χ1n) is 6.83. The van der Waals surface area contributed by atoms with E-state index in [1.165, 1.54) is 0 Å². The second-order valence-electron chi connectivity index (χ2n) is 4.81. The zero-order valence-electron chi connectivity index (χ0n) is 12.7. The number of halogens is 1. The molecule has 1 amide bonds. The lowest BCUT2D eigenvalue weighted by Crippen LogP contribution is -2.26. The van der Waals surface area contributed by atoms with Crippen LogP contribution in [0.25, 0.3) is 0 Å². The van der Waals surface area contributed by atoms with Gasteiger partial charge < -0.3 is 14.8 Å². The van der Waals surface area contributed by atoms with E-state index in [1.54, 1.807) is 26.4 Å². The molecule has 5 heteroatoms. The molecule has 0 aliphatic heterocycles. The second kappa shape index (κ2) is 7.31. The summed E-state index contributed by atoms with van der Waals surface area (Å²) in [5.74, 6) is 1.30. The quantitative estimate of drug-likeness (QED) is 0.874. The summed E-state index contributed by atoms with van der Waals surface area (Å²) in [5.41, 5.74) is 1.48. The average molecular weight is 364 g/mol. The van der Waals surface area contributed by atoms with Crippen LogP contribution in [0.3, 0.4) is 0 Å². The predicted octanol–water partition coefficient (Wildman–Crippen LogP) is 3.96. The highest BCUT2D eigenvalue weighted by molar-refractivity contribution is 9.10. The molecule has 116 valence electrons. The summed E-state index contributed by atoms with van der Waals surface area (Å²) in [6.45, 7) is 1.91. The van der Waals surface area contributed by atoms with Gasteiger partial charge in [-0.3, -0.25) is 4.79 Å². The molecule has 0 aliphatic carbocycles. The average Bonchev–Trinajstić information content (AvgIpc) is 2.54. The smallest absolute Gasteiger partial charge is 0.251 e. The fourth-order valence-electron chi connectivity index (χ4n) is 2.14. The first kappa shape index (κ1) is 16.4. The minimum absolute atomic E-state index is 0.134. The normalized spacial score (nSPS) is 11.6. The summed E-state index contributed by atoms with van der Waals surface area (Å²) in [5, 5.41) is 2.97. The summed E-state index contributed by atoms with van der Waals surface area (Å²) in [6.07, 6.45) is 0. The number of benzene rings is 2. The van der Waals surface area contributed by atoms with Crippen molar-refractivity contribution < 1.29 is 14.3 Å². The highest BCUT2D eigenvalue weighted by atomic mass is 79.9. The van der Waals surface area contributed by atoms with Gasteiger partial charge >= 0.3 is 0 Å². The molecule has 1 atom stereocenters. The van der Waals surface area contributed by atoms with Gasteiger partial charge in [-0.15, -0.1) is 0 Å². The summed E-state index contributed by atoms with van der Waals surface area (Å²) < 4.78 is 11.5. The molecule has 1 N–H and O–H groups in total. The van der Waals surface area contributed by atoms with Crippen LogP contribution in [-0.4, -0.2) is 20.1 Å². The highest BCUT2D eigenvalue weighted by Crippen LogP contribution is 2.29. The molecule has 0 saturated carbocycles. The fraction of sp³-hybridized carbons (Fsp3) is 0.235. The molecule has 0 radical (unpaired) electrons. The largest absolute Gasteiger partial charge is 0.497 e. The highest BCUT2D eigenvalue weighted by Gasteiger charge is 2.16. The molecule has 0 heterocycles. The van der Waals surface area contributed by atoms with E-state index in [0.29, 0.717) is 11.3 Å². The molecule has 22 heavy (non-hydrogen) atoms. The van der Waals surface area contributed by atoms with Crippen molar-refractivity contribution in [1.29, 1.82) is 0 Å². The molecule has 0 aliphatic rings. The van der Waals surface area contributed by atoms with E-state index in [1.807, 2.05) is 37.3 Å². The number of carbonyl (C=O) groups excluding carboxylic acids is 1. The molecular weight excluding hydrogens is 346 g/mol. The first-order valence-corrected chi connectivity index (χ1v) is 7.62. The zero-order chi connectivity index (χ0) is 16.1. The maximum Gasteiger partial charge on any atom is 0.251 e. The Morgan fingerprint density at radius 1 is 1.09 bits per heavy atom. The molecule has 2 aromatic carbocycles. The van der Waals surface area contributed by atoms with Crippen LogP contribution in [0.15, 0.2) is 46.9 Å². The van der Waals surface area contributed by atoms with Crippen molar-refractivity contribution in [2.45, 2.75) is 13.0 Å². The van der Waals surface area contributed by atoms with Gasteiger partial charge in [0.25, 0.3) is 5.91 Å². The van der Waals surface area contributed by atoms with Crippen molar-refractivity contribution in [3.8, 4) is 11.5 Å². The second-order valence-corrected chi connectivity index (χ2v) is 5.73. The molecule has 0 bridgehead atoms. The van der Waals surface area contributed by atoms with Crippen molar-refractivity contribution in [2.75, 3.05) is 14.2 Å².